The van der Waals surface area contributed by atoms with Crippen LogP contribution >= 0.6 is 0 Å². The molecule has 0 aromatic heterocycles. The SMILES string of the molecule is CC(C)C[C@@H](NC(=O)[C@@H](Cc1ccccc1)N1C(=O)c2ccccc2C1=O)c1ccccc1. The van der Waals surface area contributed by atoms with Crippen molar-refractivity contribution >= 4 is 17.7 Å². The Balaban J connectivity index is 1.67. The van der Waals surface area contributed by atoms with Crippen LogP contribution in [0.2, 0.25) is 0 Å². The molecule has 0 spiro atoms. The molecule has 0 saturated heterocycles. The van der Waals surface area contributed by atoms with Crippen LogP contribution in [0, 0.1) is 5.92 Å². The fraction of sp³-hybridized carbons (Fsp3) is 0.250. The Morgan fingerprint density at radius 2 is 1.30 bits per heavy atom. The van der Waals surface area contributed by atoms with Crippen molar-refractivity contribution in [3.63, 3.8) is 0 Å². The lowest BCUT2D eigenvalue weighted by atomic mass is 9.96. The van der Waals surface area contributed by atoms with E-state index < -0.39 is 17.9 Å². The summed E-state index contributed by atoms with van der Waals surface area (Å²) >= 11 is 0. The number of nitrogens with zero attached hydrogens (tertiary/aromatic N) is 1. The zero-order valence-corrected chi connectivity index (χ0v) is 18.9. The Morgan fingerprint density at radius 3 is 1.85 bits per heavy atom. The molecule has 1 N–H and O–H groups in total. The quantitative estimate of drug-likeness (QED) is 0.512. The molecule has 1 aliphatic rings. The van der Waals surface area contributed by atoms with Gasteiger partial charge in [-0.15, -0.1) is 0 Å². The predicted molar refractivity (Wildman–Crippen MR) is 128 cm³/mol. The second-order valence-electron chi connectivity index (χ2n) is 8.83. The Morgan fingerprint density at radius 1 is 0.788 bits per heavy atom. The maximum absolute atomic E-state index is 13.7. The summed E-state index contributed by atoms with van der Waals surface area (Å²) in [6.07, 6.45) is 0.997. The Kier molecular flexibility index (Phi) is 6.68. The molecule has 1 aliphatic heterocycles. The molecule has 0 fully saturated rings. The van der Waals surface area contributed by atoms with Gasteiger partial charge in [0.1, 0.15) is 6.04 Å². The monoisotopic (exact) mass is 440 g/mol. The van der Waals surface area contributed by atoms with Gasteiger partial charge in [-0.25, -0.2) is 0 Å². The van der Waals surface area contributed by atoms with Crippen LogP contribution in [-0.2, 0) is 11.2 Å². The van der Waals surface area contributed by atoms with E-state index in [1.807, 2.05) is 60.7 Å². The number of imide groups is 1. The second kappa shape index (κ2) is 9.82. The van der Waals surface area contributed by atoms with E-state index in [0.29, 0.717) is 17.0 Å². The van der Waals surface area contributed by atoms with Crippen LogP contribution in [0.1, 0.15) is 58.2 Å². The highest BCUT2D eigenvalue weighted by Gasteiger charge is 2.43. The molecule has 3 amide bonds. The number of nitrogens with one attached hydrogen (secondary N) is 1. The molecule has 0 saturated carbocycles. The van der Waals surface area contributed by atoms with Crippen molar-refractivity contribution in [2.24, 2.45) is 5.92 Å². The van der Waals surface area contributed by atoms with Crippen molar-refractivity contribution in [3.05, 3.63) is 107 Å². The van der Waals surface area contributed by atoms with E-state index in [1.54, 1.807) is 24.3 Å². The summed E-state index contributed by atoms with van der Waals surface area (Å²) in [7, 11) is 0. The Labute approximate surface area is 194 Å². The average molecular weight is 441 g/mol. The summed E-state index contributed by atoms with van der Waals surface area (Å²) in [5.74, 6) is -0.830. The first-order valence-electron chi connectivity index (χ1n) is 11.3. The van der Waals surface area contributed by atoms with Crippen molar-refractivity contribution in [1.29, 1.82) is 0 Å². The number of rotatable bonds is 8. The van der Waals surface area contributed by atoms with Crippen LogP contribution in [0.25, 0.3) is 0 Å². The number of carbonyl (C=O) groups is 3. The normalized spacial score (nSPS) is 14.8. The van der Waals surface area contributed by atoms with Crippen LogP contribution in [0.5, 0.6) is 0 Å². The number of carbonyl (C=O) groups excluding carboxylic acids is 3. The molecule has 168 valence electrons. The molecular formula is C28H28N2O3. The molecule has 0 aliphatic carbocycles. The van der Waals surface area contributed by atoms with E-state index in [0.717, 1.165) is 22.4 Å². The third kappa shape index (κ3) is 4.87. The number of hydrogen-bond donors (Lipinski definition) is 1. The molecule has 4 rings (SSSR count). The van der Waals surface area contributed by atoms with Crippen molar-refractivity contribution in [2.45, 2.75) is 38.8 Å². The smallest absolute Gasteiger partial charge is 0.262 e. The van der Waals surface area contributed by atoms with Crippen LogP contribution in [0.15, 0.2) is 84.9 Å². The minimum atomic E-state index is -0.946. The zero-order chi connectivity index (χ0) is 23.4. The van der Waals surface area contributed by atoms with Gasteiger partial charge >= 0.3 is 0 Å². The molecule has 5 nitrogen and oxygen atoms in total. The third-order valence-corrected chi connectivity index (χ3v) is 5.94. The van der Waals surface area contributed by atoms with E-state index in [9.17, 15) is 14.4 Å². The van der Waals surface area contributed by atoms with Gasteiger partial charge in [0.15, 0.2) is 0 Å². The molecule has 0 unspecified atom stereocenters. The largest absolute Gasteiger partial charge is 0.347 e. The summed E-state index contributed by atoms with van der Waals surface area (Å²) in [5.41, 5.74) is 2.57. The summed E-state index contributed by atoms with van der Waals surface area (Å²) in [5, 5.41) is 3.14. The van der Waals surface area contributed by atoms with Crippen molar-refractivity contribution < 1.29 is 14.4 Å². The molecule has 3 aromatic carbocycles. The highest BCUT2D eigenvalue weighted by molar-refractivity contribution is 6.22. The van der Waals surface area contributed by atoms with E-state index in [1.165, 1.54) is 0 Å². The lowest BCUT2D eigenvalue weighted by Crippen LogP contribution is -2.51. The number of amides is 3. The number of fused-ring (bicyclic) bond motifs is 1. The topological polar surface area (TPSA) is 66.5 Å². The van der Waals surface area contributed by atoms with E-state index in [2.05, 4.69) is 19.2 Å². The summed E-state index contributed by atoms with van der Waals surface area (Å²) in [6, 6.07) is 24.9. The Bertz CT molecular complexity index is 1110. The van der Waals surface area contributed by atoms with Crippen LogP contribution in [0.4, 0.5) is 0 Å². The molecule has 2 atom stereocenters. The highest BCUT2D eigenvalue weighted by atomic mass is 16.2. The standard InChI is InChI=1S/C28H28N2O3/c1-19(2)17-24(21-13-7-4-8-14-21)29-26(31)25(18-20-11-5-3-6-12-20)30-27(32)22-15-9-10-16-23(22)28(30)33/h3-16,19,24-25H,17-18H2,1-2H3,(H,29,31)/t24-,25-/m1/s1. The van der Waals surface area contributed by atoms with Gasteiger partial charge in [0.25, 0.3) is 11.8 Å². The second-order valence-corrected chi connectivity index (χ2v) is 8.83. The predicted octanol–water partition coefficient (Wildman–Crippen LogP) is 4.80. The fourth-order valence-corrected chi connectivity index (χ4v) is 4.33. The molecular weight excluding hydrogens is 412 g/mol. The van der Waals surface area contributed by atoms with E-state index >= 15 is 0 Å². The molecule has 1 heterocycles. The minimum absolute atomic E-state index is 0.216. The maximum Gasteiger partial charge on any atom is 0.262 e. The molecule has 5 heteroatoms. The van der Waals surface area contributed by atoms with E-state index in [4.69, 9.17) is 0 Å². The first-order valence-corrected chi connectivity index (χ1v) is 11.3. The van der Waals surface area contributed by atoms with Gasteiger partial charge in [-0.1, -0.05) is 86.6 Å². The molecule has 0 radical (unpaired) electrons. The Hall–Kier alpha value is -3.73. The van der Waals surface area contributed by atoms with Gasteiger partial charge in [0.2, 0.25) is 5.91 Å². The maximum atomic E-state index is 13.7. The lowest BCUT2D eigenvalue weighted by molar-refractivity contribution is -0.125. The first kappa shape index (κ1) is 22.5. The minimum Gasteiger partial charge on any atom is -0.347 e. The van der Waals surface area contributed by atoms with Crippen molar-refractivity contribution in [1.82, 2.24) is 10.2 Å². The van der Waals surface area contributed by atoms with E-state index in [-0.39, 0.29) is 18.4 Å². The van der Waals surface area contributed by atoms with Gasteiger partial charge in [-0.05, 0) is 35.6 Å². The van der Waals surface area contributed by atoms with Gasteiger partial charge in [0.05, 0.1) is 17.2 Å². The van der Waals surface area contributed by atoms with Crippen LogP contribution in [-0.4, -0.2) is 28.7 Å². The number of benzene rings is 3. The first-order chi connectivity index (χ1) is 16.0. The lowest BCUT2D eigenvalue weighted by Gasteiger charge is -2.29. The molecule has 33 heavy (non-hydrogen) atoms. The van der Waals surface area contributed by atoms with Crippen molar-refractivity contribution in [2.75, 3.05) is 0 Å². The van der Waals surface area contributed by atoms with Crippen LogP contribution in [0.3, 0.4) is 0 Å². The zero-order valence-electron chi connectivity index (χ0n) is 18.9. The number of hydrogen-bond acceptors (Lipinski definition) is 3. The van der Waals surface area contributed by atoms with Crippen molar-refractivity contribution in [3.8, 4) is 0 Å². The van der Waals surface area contributed by atoms with Gasteiger partial charge in [-0.2, -0.15) is 0 Å². The molecule has 3 aromatic rings. The summed E-state index contributed by atoms with van der Waals surface area (Å²) in [6.45, 7) is 4.21. The molecule has 0 bridgehead atoms. The van der Waals surface area contributed by atoms with Gasteiger partial charge < -0.3 is 5.32 Å². The highest BCUT2D eigenvalue weighted by Crippen LogP contribution is 2.27. The summed E-state index contributed by atoms with van der Waals surface area (Å²) < 4.78 is 0. The fourth-order valence-electron chi connectivity index (χ4n) is 4.33. The third-order valence-electron chi connectivity index (χ3n) is 5.94. The van der Waals surface area contributed by atoms with Gasteiger partial charge in [0, 0.05) is 6.42 Å². The van der Waals surface area contributed by atoms with Gasteiger partial charge in [-0.3, -0.25) is 19.3 Å². The summed E-state index contributed by atoms with van der Waals surface area (Å²) in [4.78, 5) is 41.2. The average Bonchev–Trinajstić information content (AvgIpc) is 3.08. The van der Waals surface area contributed by atoms with Crippen LogP contribution < -0.4 is 5.32 Å².